The molecule has 0 saturated carbocycles. The zero-order chi connectivity index (χ0) is 14.9. The lowest BCUT2D eigenvalue weighted by Crippen LogP contribution is -2.25. The van der Waals surface area contributed by atoms with Crippen molar-refractivity contribution in [3.05, 3.63) is 39.9 Å². The number of anilines is 1. The van der Waals surface area contributed by atoms with E-state index < -0.39 is 11.8 Å². The normalized spacial score (nSPS) is 13.6. The Morgan fingerprint density at radius 3 is 2.60 bits per heavy atom. The molecule has 0 atom stereocenters. The molecule has 0 aliphatic carbocycles. The standard InChI is InChI=1S/C14H12BrNO4/c1-8(17)16-5-4-9-6-11(15)10(7-12(9)16)13(18)2-3-14(19)20/h2-3,6-7H,4-5H2,1H3,(H,19,20). The van der Waals surface area contributed by atoms with E-state index in [2.05, 4.69) is 15.9 Å². The van der Waals surface area contributed by atoms with Crippen molar-refractivity contribution in [1.82, 2.24) is 0 Å². The van der Waals surface area contributed by atoms with E-state index >= 15 is 0 Å². The van der Waals surface area contributed by atoms with E-state index in [1.54, 1.807) is 17.0 Å². The second-order valence-electron chi connectivity index (χ2n) is 4.42. The number of carboxylic acid groups (broad SMARTS) is 1. The summed E-state index contributed by atoms with van der Waals surface area (Å²) in [5.74, 6) is -1.68. The molecule has 0 spiro atoms. The Kier molecular flexibility index (Phi) is 4.04. The zero-order valence-corrected chi connectivity index (χ0v) is 12.3. The first-order chi connectivity index (χ1) is 9.40. The van der Waals surface area contributed by atoms with Gasteiger partial charge in [0.2, 0.25) is 5.91 Å². The molecular weight excluding hydrogens is 326 g/mol. The van der Waals surface area contributed by atoms with E-state index in [0.717, 1.165) is 24.1 Å². The molecule has 1 aromatic rings. The molecule has 1 heterocycles. The van der Waals surface area contributed by atoms with Crippen molar-refractivity contribution in [2.75, 3.05) is 11.4 Å². The minimum atomic E-state index is -1.18. The summed E-state index contributed by atoms with van der Waals surface area (Å²) >= 11 is 3.31. The number of carboxylic acids is 1. The number of nitrogens with zero attached hydrogens (tertiary/aromatic N) is 1. The minimum Gasteiger partial charge on any atom is -0.478 e. The minimum absolute atomic E-state index is 0.0782. The Morgan fingerprint density at radius 1 is 1.30 bits per heavy atom. The Bertz CT molecular complexity index is 636. The maximum Gasteiger partial charge on any atom is 0.328 e. The average molecular weight is 338 g/mol. The average Bonchev–Trinajstić information content (AvgIpc) is 2.77. The van der Waals surface area contributed by atoms with Gasteiger partial charge >= 0.3 is 5.97 Å². The summed E-state index contributed by atoms with van der Waals surface area (Å²) in [5, 5.41) is 8.54. The highest BCUT2D eigenvalue weighted by Crippen LogP contribution is 2.33. The van der Waals surface area contributed by atoms with Crippen LogP contribution in [0.15, 0.2) is 28.8 Å². The first kappa shape index (κ1) is 14.5. The number of fused-ring (bicyclic) bond motifs is 1. The maximum atomic E-state index is 12.0. The number of halogens is 1. The summed E-state index contributed by atoms with van der Waals surface area (Å²) in [6.45, 7) is 2.07. The number of carbonyl (C=O) groups is 3. The van der Waals surface area contributed by atoms with E-state index in [9.17, 15) is 14.4 Å². The molecule has 1 N–H and O–H groups in total. The SMILES string of the molecule is CC(=O)N1CCc2cc(Br)c(C(=O)C=CC(=O)O)cc21. The van der Waals surface area contributed by atoms with Crippen LogP contribution in [0.1, 0.15) is 22.8 Å². The Labute approximate surface area is 124 Å². The highest BCUT2D eigenvalue weighted by molar-refractivity contribution is 9.10. The smallest absolute Gasteiger partial charge is 0.328 e. The lowest BCUT2D eigenvalue weighted by molar-refractivity contribution is -0.131. The molecule has 1 aromatic carbocycles. The molecule has 0 radical (unpaired) electrons. The third-order valence-electron chi connectivity index (χ3n) is 3.09. The van der Waals surface area contributed by atoms with Gasteiger partial charge in [-0.25, -0.2) is 4.79 Å². The van der Waals surface area contributed by atoms with Crippen molar-refractivity contribution in [2.45, 2.75) is 13.3 Å². The first-order valence-corrected chi connectivity index (χ1v) is 6.75. The molecule has 104 valence electrons. The third kappa shape index (κ3) is 2.80. The van der Waals surface area contributed by atoms with E-state index in [0.29, 0.717) is 22.3 Å². The quantitative estimate of drug-likeness (QED) is 0.677. The van der Waals surface area contributed by atoms with Gasteiger partial charge in [-0.2, -0.15) is 0 Å². The molecule has 1 aliphatic heterocycles. The van der Waals surface area contributed by atoms with Crippen LogP contribution in [0.4, 0.5) is 5.69 Å². The van der Waals surface area contributed by atoms with Gasteiger partial charge in [0.05, 0.1) is 0 Å². The number of rotatable bonds is 3. The fraction of sp³-hybridized carbons (Fsp3) is 0.214. The summed E-state index contributed by atoms with van der Waals surface area (Å²) in [6.07, 6.45) is 2.54. The van der Waals surface area contributed by atoms with Crippen LogP contribution in [0.2, 0.25) is 0 Å². The van der Waals surface area contributed by atoms with Crippen molar-refractivity contribution < 1.29 is 19.5 Å². The van der Waals surface area contributed by atoms with Crippen molar-refractivity contribution in [1.29, 1.82) is 0 Å². The van der Waals surface area contributed by atoms with E-state index in [1.165, 1.54) is 6.92 Å². The Hall–Kier alpha value is -1.95. The molecule has 20 heavy (non-hydrogen) atoms. The molecule has 1 amide bonds. The van der Waals surface area contributed by atoms with Gasteiger partial charge in [-0.1, -0.05) is 15.9 Å². The number of carbonyl (C=O) groups excluding carboxylic acids is 2. The number of aliphatic carboxylic acids is 1. The van der Waals surface area contributed by atoms with Crippen molar-refractivity contribution in [3.8, 4) is 0 Å². The molecule has 5 nitrogen and oxygen atoms in total. The summed E-state index contributed by atoms with van der Waals surface area (Å²) < 4.78 is 0.599. The molecular formula is C14H12BrNO4. The van der Waals surface area contributed by atoms with Gasteiger partial charge in [-0.05, 0) is 30.2 Å². The van der Waals surface area contributed by atoms with Crippen LogP contribution in [0.25, 0.3) is 0 Å². The molecule has 0 saturated heterocycles. The lowest BCUT2D eigenvalue weighted by atomic mass is 10.1. The second kappa shape index (κ2) is 5.58. The third-order valence-corrected chi connectivity index (χ3v) is 3.74. The number of amides is 1. The van der Waals surface area contributed by atoms with Crippen LogP contribution in [0.5, 0.6) is 0 Å². The largest absolute Gasteiger partial charge is 0.478 e. The van der Waals surface area contributed by atoms with Crippen molar-refractivity contribution >= 4 is 39.3 Å². The summed E-state index contributed by atoms with van der Waals surface area (Å²) in [6, 6.07) is 3.43. The molecule has 0 aromatic heterocycles. The van der Waals surface area contributed by atoms with Crippen LogP contribution >= 0.6 is 15.9 Å². The highest BCUT2D eigenvalue weighted by Gasteiger charge is 2.24. The Morgan fingerprint density at radius 2 is 2.00 bits per heavy atom. The maximum absolute atomic E-state index is 12.0. The summed E-state index contributed by atoms with van der Waals surface area (Å²) in [4.78, 5) is 35.5. The number of allylic oxidation sites excluding steroid dienone is 1. The first-order valence-electron chi connectivity index (χ1n) is 5.96. The highest BCUT2D eigenvalue weighted by atomic mass is 79.9. The molecule has 0 fully saturated rings. The number of benzene rings is 1. The number of hydrogen-bond acceptors (Lipinski definition) is 3. The van der Waals surface area contributed by atoms with Crippen molar-refractivity contribution in [2.24, 2.45) is 0 Å². The lowest BCUT2D eigenvalue weighted by Gasteiger charge is -2.15. The molecule has 2 rings (SSSR count). The molecule has 6 heteroatoms. The van der Waals surface area contributed by atoms with Gasteiger partial charge < -0.3 is 10.0 Å². The van der Waals surface area contributed by atoms with Crippen LogP contribution in [-0.2, 0) is 16.0 Å². The van der Waals surface area contributed by atoms with Gasteiger partial charge in [0, 0.05) is 35.3 Å². The van der Waals surface area contributed by atoms with Crippen LogP contribution < -0.4 is 4.90 Å². The molecule has 0 bridgehead atoms. The van der Waals surface area contributed by atoms with Gasteiger partial charge in [-0.15, -0.1) is 0 Å². The van der Waals surface area contributed by atoms with E-state index in [-0.39, 0.29) is 5.91 Å². The topological polar surface area (TPSA) is 74.7 Å². The second-order valence-corrected chi connectivity index (χ2v) is 5.27. The van der Waals surface area contributed by atoms with Crippen molar-refractivity contribution in [3.63, 3.8) is 0 Å². The van der Waals surface area contributed by atoms with Crippen LogP contribution in [0, 0.1) is 0 Å². The van der Waals surface area contributed by atoms with E-state index in [1.807, 2.05) is 0 Å². The summed E-state index contributed by atoms with van der Waals surface area (Å²) in [7, 11) is 0. The number of ketones is 1. The number of hydrogen-bond donors (Lipinski definition) is 1. The zero-order valence-electron chi connectivity index (χ0n) is 10.7. The predicted molar refractivity (Wildman–Crippen MR) is 77.0 cm³/mol. The Balaban J connectivity index is 2.41. The fourth-order valence-corrected chi connectivity index (χ4v) is 2.75. The van der Waals surface area contributed by atoms with Gasteiger partial charge in [0.1, 0.15) is 0 Å². The molecule has 1 aliphatic rings. The van der Waals surface area contributed by atoms with Gasteiger partial charge in [-0.3, -0.25) is 9.59 Å². The predicted octanol–water partition coefficient (Wildman–Crippen LogP) is 2.18. The summed E-state index contributed by atoms with van der Waals surface area (Å²) in [5.41, 5.74) is 2.05. The van der Waals surface area contributed by atoms with Crippen LogP contribution in [0.3, 0.4) is 0 Å². The van der Waals surface area contributed by atoms with Gasteiger partial charge in [0.25, 0.3) is 0 Å². The monoisotopic (exact) mass is 337 g/mol. The molecule has 0 unspecified atom stereocenters. The van der Waals surface area contributed by atoms with Gasteiger partial charge in [0.15, 0.2) is 5.78 Å². The van der Waals surface area contributed by atoms with Crippen LogP contribution in [-0.4, -0.2) is 29.3 Å². The van der Waals surface area contributed by atoms with E-state index in [4.69, 9.17) is 5.11 Å². The fourth-order valence-electron chi connectivity index (χ4n) is 2.16.